The number of nitro groups is 2. The van der Waals surface area contributed by atoms with Crippen LogP contribution in [0.3, 0.4) is 0 Å². The Morgan fingerprint density at radius 3 is 2.08 bits per heavy atom. The normalized spacial score (nSPS) is 20.6. The molecule has 0 bridgehead atoms. The van der Waals surface area contributed by atoms with Crippen LogP contribution in [0.2, 0.25) is 0 Å². The fourth-order valence-electron chi connectivity index (χ4n) is 3.69. The van der Waals surface area contributed by atoms with Crippen molar-refractivity contribution >= 4 is 17.1 Å². The van der Waals surface area contributed by atoms with Crippen LogP contribution in [-0.2, 0) is 0 Å². The molecule has 0 atom stereocenters. The summed E-state index contributed by atoms with van der Waals surface area (Å²) in [4.78, 5) is 27.6. The molecule has 2 saturated heterocycles. The minimum atomic E-state index is -0.707. The summed E-state index contributed by atoms with van der Waals surface area (Å²) in [6.45, 7) is 5.98. The molecule has 2 fully saturated rings. The highest BCUT2D eigenvalue weighted by molar-refractivity contribution is 5.63. The van der Waals surface area contributed by atoms with E-state index in [-0.39, 0.29) is 0 Å². The maximum atomic E-state index is 11.1. The number of piperidine rings is 1. The van der Waals surface area contributed by atoms with Gasteiger partial charge in [0.15, 0.2) is 0 Å². The number of likely N-dealkylation sites (N-methyl/N-ethyl adjacent to an activating group) is 1. The van der Waals surface area contributed by atoms with E-state index in [9.17, 15) is 20.2 Å². The van der Waals surface area contributed by atoms with Gasteiger partial charge in [-0.25, -0.2) is 0 Å². The number of hydrogen-bond donors (Lipinski definition) is 0. The van der Waals surface area contributed by atoms with E-state index in [4.69, 9.17) is 0 Å². The van der Waals surface area contributed by atoms with Gasteiger partial charge < -0.3 is 9.80 Å². The third-order valence-electron chi connectivity index (χ3n) is 5.24. The summed E-state index contributed by atoms with van der Waals surface area (Å²) in [5, 5.41) is 22.1. The van der Waals surface area contributed by atoms with Crippen LogP contribution in [0.1, 0.15) is 12.8 Å². The predicted octanol–water partition coefficient (Wildman–Crippen LogP) is 1.72. The third-order valence-corrected chi connectivity index (χ3v) is 5.24. The molecule has 9 nitrogen and oxygen atoms in total. The SMILES string of the molecule is CN1CCN(C2CCN(c3ccc([N+](=O)[O-])c([N+](=O)[O-])c3)CC2)CC1. The fourth-order valence-corrected chi connectivity index (χ4v) is 3.69. The molecular weight excluding hydrogens is 326 g/mol. The number of rotatable bonds is 4. The summed E-state index contributed by atoms with van der Waals surface area (Å²) in [6, 6.07) is 4.73. The summed E-state index contributed by atoms with van der Waals surface area (Å²) in [5.41, 5.74) is -0.209. The van der Waals surface area contributed by atoms with E-state index in [1.807, 2.05) is 0 Å². The molecule has 0 amide bonds. The topological polar surface area (TPSA) is 96.0 Å². The Morgan fingerprint density at radius 1 is 0.920 bits per heavy atom. The molecule has 0 N–H and O–H groups in total. The summed E-state index contributed by atoms with van der Waals surface area (Å²) in [6.07, 6.45) is 2.02. The highest BCUT2D eigenvalue weighted by Gasteiger charge is 2.29. The smallest absolute Gasteiger partial charge is 0.348 e. The van der Waals surface area contributed by atoms with E-state index >= 15 is 0 Å². The molecule has 2 heterocycles. The zero-order chi connectivity index (χ0) is 18.0. The molecule has 25 heavy (non-hydrogen) atoms. The highest BCUT2D eigenvalue weighted by atomic mass is 16.6. The maximum Gasteiger partial charge on any atom is 0.348 e. The van der Waals surface area contributed by atoms with Crippen molar-refractivity contribution in [2.24, 2.45) is 0 Å². The molecular formula is C16H23N5O4. The molecule has 1 aromatic rings. The molecule has 136 valence electrons. The lowest BCUT2D eigenvalue weighted by Crippen LogP contribution is -2.52. The zero-order valence-corrected chi connectivity index (χ0v) is 14.3. The van der Waals surface area contributed by atoms with Crippen LogP contribution in [0.15, 0.2) is 18.2 Å². The van der Waals surface area contributed by atoms with Gasteiger partial charge in [-0.1, -0.05) is 0 Å². The minimum Gasteiger partial charge on any atom is -0.371 e. The number of piperazine rings is 1. The van der Waals surface area contributed by atoms with Crippen molar-refractivity contribution in [3.8, 4) is 0 Å². The first-order chi connectivity index (χ1) is 12.0. The van der Waals surface area contributed by atoms with Crippen molar-refractivity contribution in [2.45, 2.75) is 18.9 Å². The van der Waals surface area contributed by atoms with Crippen LogP contribution in [0.5, 0.6) is 0 Å². The summed E-state index contributed by atoms with van der Waals surface area (Å²) < 4.78 is 0. The Balaban J connectivity index is 1.65. The van der Waals surface area contributed by atoms with Crippen LogP contribution in [0.25, 0.3) is 0 Å². The van der Waals surface area contributed by atoms with E-state index in [1.165, 1.54) is 12.1 Å². The number of anilines is 1. The van der Waals surface area contributed by atoms with Crippen molar-refractivity contribution in [3.63, 3.8) is 0 Å². The van der Waals surface area contributed by atoms with Crippen LogP contribution in [0, 0.1) is 20.2 Å². The second kappa shape index (κ2) is 7.32. The monoisotopic (exact) mass is 349 g/mol. The van der Waals surface area contributed by atoms with E-state index < -0.39 is 21.2 Å². The van der Waals surface area contributed by atoms with Crippen molar-refractivity contribution in [1.29, 1.82) is 0 Å². The molecule has 3 rings (SSSR count). The lowest BCUT2D eigenvalue weighted by Gasteiger charge is -2.42. The average Bonchev–Trinajstić information content (AvgIpc) is 2.62. The first-order valence-corrected chi connectivity index (χ1v) is 8.56. The van der Waals surface area contributed by atoms with E-state index in [1.54, 1.807) is 6.07 Å². The van der Waals surface area contributed by atoms with Crippen LogP contribution in [-0.4, -0.2) is 72.0 Å². The molecule has 1 aromatic carbocycles. The Bertz CT molecular complexity index is 652. The van der Waals surface area contributed by atoms with Gasteiger partial charge in [-0.05, 0) is 26.0 Å². The first-order valence-electron chi connectivity index (χ1n) is 8.56. The Kier molecular flexibility index (Phi) is 5.14. The van der Waals surface area contributed by atoms with Crippen LogP contribution >= 0.6 is 0 Å². The molecule has 0 saturated carbocycles. The molecule has 2 aliphatic rings. The lowest BCUT2D eigenvalue weighted by atomic mass is 10.0. The molecule has 2 aliphatic heterocycles. The van der Waals surface area contributed by atoms with Gasteiger partial charge in [-0.2, -0.15) is 0 Å². The van der Waals surface area contributed by atoms with Gasteiger partial charge in [0.2, 0.25) is 0 Å². The zero-order valence-electron chi connectivity index (χ0n) is 14.3. The fraction of sp³-hybridized carbons (Fsp3) is 0.625. The lowest BCUT2D eigenvalue weighted by molar-refractivity contribution is -0.422. The first kappa shape index (κ1) is 17.6. The van der Waals surface area contributed by atoms with Gasteiger partial charge >= 0.3 is 11.4 Å². The minimum absolute atomic E-state index is 0.441. The number of nitro benzene ring substituents is 2. The largest absolute Gasteiger partial charge is 0.371 e. The van der Waals surface area contributed by atoms with Gasteiger partial charge in [-0.3, -0.25) is 25.1 Å². The van der Waals surface area contributed by atoms with Crippen LogP contribution < -0.4 is 4.90 Å². The Labute approximate surface area is 146 Å². The van der Waals surface area contributed by atoms with Gasteiger partial charge in [-0.15, -0.1) is 0 Å². The standard InChI is InChI=1S/C16H23N5O4/c1-17-8-10-19(11-9-17)13-4-6-18(7-5-13)14-2-3-15(20(22)23)16(12-14)21(24)25/h2-3,12-13H,4-11H2,1H3. The molecule has 9 heteroatoms. The quantitative estimate of drug-likeness (QED) is 0.603. The second-order valence-electron chi connectivity index (χ2n) is 6.74. The molecule has 0 unspecified atom stereocenters. The van der Waals surface area contributed by atoms with Crippen molar-refractivity contribution in [1.82, 2.24) is 9.80 Å². The third kappa shape index (κ3) is 3.88. The molecule has 0 aliphatic carbocycles. The maximum absolute atomic E-state index is 11.1. The average molecular weight is 349 g/mol. The summed E-state index contributed by atoms with van der Waals surface area (Å²) in [7, 11) is 2.14. The number of nitrogens with zero attached hydrogens (tertiary/aromatic N) is 5. The summed E-state index contributed by atoms with van der Waals surface area (Å²) in [5.74, 6) is 0. The predicted molar refractivity (Wildman–Crippen MR) is 94.1 cm³/mol. The van der Waals surface area contributed by atoms with Crippen LogP contribution in [0.4, 0.5) is 17.1 Å². The van der Waals surface area contributed by atoms with E-state index in [0.717, 1.165) is 52.1 Å². The van der Waals surface area contributed by atoms with Gasteiger partial charge in [0.1, 0.15) is 0 Å². The van der Waals surface area contributed by atoms with Crippen molar-refractivity contribution in [3.05, 3.63) is 38.4 Å². The molecule has 0 aromatic heterocycles. The van der Waals surface area contributed by atoms with E-state index in [0.29, 0.717) is 11.7 Å². The highest BCUT2D eigenvalue weighted by Crippen LogP contribution is 2.32. The van der Waals surface area contributed by atoms with Crippen molar-refractivity contribution < 1.29 is 9.85 Å². The van der Waals surface area contributed by atoms with Gasteiger partial charge in [0.05, 0.1) is 9.85 Å². The second-order valence-corrected chi connectivity index (χ2v) is 6.74. The number of benzene rings is 1. The molecule has 0 spiro atoms. The van der Waals surface area contributed by atoms with Crippen molar-refractivity contribution in [2.75, 3.05) is 51.2 Å². The van der Waals surface area contributed by atoms with E-state index in [2.05, 4.69) is 21.7 Å². The molecule has 0 radical (unpaired) electrons. The summed E-state index contributed by atoms with van der Waals surface area (Å²) >= 11 is 0. The van der Waals surface area contributed by atoms with Gasteiger partial charge in [0, 0.05) is 63.1 Å². The number of hydrogen-bond acceptors (Lipinski definition) is 7. The van der Waals surface area contributed by atoms with Gasteiger partial charge in [0.25, 0.3) is 0 Å². The Morgan fingerprint density at radius 2 is 1.52 bits per heavy atom. The Hall–Kier alpha value is -2.26.